The zero-order valence-electron chi connectivity index (χ0n) is 11.0. The largest absolute Gasteiger partial charge is 0.373 e. The highest BCUT2D eigenvalue weighted by molar-refractivity contribution is 6.30. The summed E-state index contributed by atoms with van der Waals surface area (Å²) in [5.41, 5.74) is -0.468. The first kappa shape index (κ1) is 15.1. The number of aliphatic hydroxyl groups is 1. The summed E-state index contributed by atoms with van der Waals surface area (Å²) in [5, 5.41) is 11.1. The van der Waals surface area contributed by atoms with Gasteiger partial charge in [0.15, 0.2) is 5.60 Å². The van der Waals surface area contributed by atoms with Crippen molar-refractivity contribution in [1.29, 1.82) is 0 Å². The molecule has 0 aliphatic rings. The Labute approximate surface area is 115 Å². The summed E-state index contributed by atoms with van der Waals surface area (Å²) in [4.78, 5) is 0. The van der Waals surface area contributed by atoms with Crippen LogP contribution in [-0.4, -0.2) is 5.11 Å². The van der Waals surface area contributed by atoms with Crippen LogP contribution >= 0.6 is 11.6 Å². The van der Waals surface area contributed by atoms with Crippen molar-refractivity contribution in [2.45, 2.75) is 51.0 Å². The van der Waals surface area contributed by atoms with E-state index in [0.29, 0.717) is 17.0 Å². The summed E-state index contributed by atoms with van der Waals surface area (Å²) in [6, 6.07) is 7.17. The van der Waals surface area contributed by atoms with Gasteiger partial charge in [-0.25, -0.2) is 0 Å². The Hall–Kier alpha value is -0.970. The molecule has 0 aromatic heterocycles. The van der Waals surface area contributed by atoms with Crippen molar-refractivity contribution in [3.8, 4) is 12.3 Å². The Bertz CT molecular complexity index is 408. The molecule has 1 aromatic rings. The first-order chi connectivity index (χ1) is 8.62. The predicted octanol–water partition coefficient (Wildman–Crippen LogP) is 4.52. The fourth-order valence-electron chi connectivity index (χ4n) is 2.03. The van der Waals surface area contributed by atoms with Crippen LogP contribution in [0.1, 0.15) is 51.0 Å². The molecule has 18 heavy (non-hydrogen) atoms. The Kier molecular flexibility index (Phi) is 6.25. The van der Waals surface area contributed by atoms with Crippen LogP contribution in [0.5, 0.6) is 0 Å². The smallest absolute Gasteiger partial charge is 0.150 e. The fourth-order valence-corrected chi connectivity index (χ4v) is 2.22. The van der Waals surface area contributed by atoms with E-state index in [0.717, 1.165) is 12.8 Å². The van der Waals surface area contributed by atoms with Crippen LogP contribution in [0.2, 0.25) is 5.02 Å². The molecule has 0 aliphatic carbocycles. The third kappa shape index (κ3) is 4.37. The lowest BCUT2D eigenvalue weighted by atomic mass is 9.89. The molecule has 0 fully saturated rings. The minimum absolute atomic E-state index is 0.591. The topological polar surface area (TPSA) is 20.2 Å². The summed E-state index contributed by atoms with van der Waals surface area (Å²) in [7, 11) is 0. The Morgan fingerprint density at radius 2 is 2.00 bits per heavy atom. The monoisotopic (exact) mass is 264 g/mol. The lowest BCUT2D eigenvalue weighted by molar-refractivity contribution is 0.0871. The second kappa shape index (κ2) is 7.46. The van der Waals surface area contributed by atoms with Gasteiger partial charge in [0.1, 0.15) is 0 Å². The molecular formula is C16H21ClO. The maximum absolute atomic E-state index is 10.5. The number of rotatable bonds is 7. The van der Waals surface area contributed by atoms with Crippen LogP contribution in [0.3, 0.4) is 0 Å². The quantitative estimate of drug-likeness (QED) is 0.567. The van der Waals surface area contributed by atoms with E-state index in [9.17, 15) is 5.11 Å². The second-order valence-electron chi connectivity index (χ2n) is 4.68. The van der Waals surface area contributed by atoms with Gasteiger partial charge >= 0.3 is 0 Å². The van der Waals surface area contributed by atoms with Gasteiger partial charge in [-0.05, 0) is 30.5 Å². The molecule has 1 aromatic carbocycles. The summed E-state index contributed by atoms with van der Waals surface area (Å²) < 4.78 is 0. The highest BCUT2D eigenvalue weighted by Crippen LogP contribution is 2.28. The van der Waals surface area contributed by atoms with Crippen molar-refractivity contribution in [3.05, 3.63) is 34.9 Å². The number of benzene rings is 1. The lowest BCUT2D eigenvalue weighted by Gasteiger charge is -2.23. The van der Waals surface area contributed by atoms with Gasteiger partial charge in [0.05, 0.1) is 0 Å². The van der Waals surface area contributed by atoms with Crippen LogP contribution in [0.15, 0.2) is 24.3 Å². The summed E-state index contributed by atoms with van der Waals surface area (Å²) in [6.07, 6.45) is 11.8. The number of unbranched alkanes of at least 4 members (excludes halogenated alkanes) is 4. The van der Waals surface area contributed by atoms with Gasteiger partial charge in [-0.15, -0.1) is 6.42 Å². The molecule has 1 rings (SSSR count). The van der Waals surface area contributed by atoms with Gasteiger partial charge in [0, 0.05) is 5.02 Å². The first-order valence-corrected chi connectivity index (χ1v) is 6.96. The first-order valence-electron chi connectivity index (χ1n) is 6.58. The fraction of sp³-hybridized carbons (Fsp3) is 0.500. The third-order valence-electron chi connectivity index (χ3n) is 3.18. The molecule has 2 heteroatoms. The van der Waals surface area contributed by atoms with Crippen molar-refractivity contribution >= 4 is 11.6 Å². The number of terminal acetylenes is 1. The average molecular weight is 265 g/mol. The summed E-state index contributed by atoms with van der Waals surface area (Å²) in [6.45, 7) is 2.18. The summed E-state index contributed by atoms with van der Waals surface area (Å²) >= 11 is 5.93. The lowest BCUT2D eigenvalue weighted by Crippen LogP contribution is -2.23. The molecule has 0 bridgehead atoms. The van der Waals surface area contributed by atoms with Gasteiger partial charge in [-0.1, -0.05) is 62.3 Å². The van der Waals surface area contributed by atoms with Crippen molar-refractivity contribution < 1.29 is 5.11 Å². The molecular weight excluding hydrogens is 244 g/mol. The zero-order chi connectivity index (χ0) is 13.4. The van der Waals surface area contributed by atoms with E-state index in [1.807, 2.05) is 12.1 Å². The van der Waals surface area contributed by atoms with Gasteiger partial charge in [0.25, 0.3) is 0 Å². The molecule has 1 unspecified atom stereocenters. The van der Waals surface area contributed by atoms with E-state index in [1.165, 1.54) is 19.3 Å². The van der Waals surface area contributed by atoms with E-state index in [4.69, 9.17) is 18.0 Å². The molecule has 0 amide bonds. The van der Waals surface area contributed by atoms with E-state index < -0.39 is 5.60 Å². The third-order valence-corrected chi connectivity index (χ3v) is 3.42. The number of hydrogen-bond donors (Lipinski definition) is 1. The minimum Gasteiger partial charge on any atom is -0.373 e. The molecule has 0 saturated heterocycles. The second-order valence-corrected chi connectivity index (χ2v) is 5.12. The van der Waals surface area contributed by atoms with Gasteiger partial charge in [-0.2, -0.15) is 0 Å². The Morgan fingerprint density at radius 3 is 2.61 bits per heavy atom. The van der Waals surface area contributed by atoms with Crippen molar-refractivity contribution in [1.82, 2.24) is 0 Å². The standard InChI is InChI=1S/C16H21ClO/c1-3-5-6-7-8-12-16(18,4-2)14-10-9-11-15(17)13-14/h2,9-11,13,18H,3,5-8,12H2,1H3. The Balaban J connectivity index is 2.60. The zero-order valence-corrected chi connectivity index (χ0v) is 11.7. The van der Waals surface area contributed by atoms with E-state index in [2.05, 4.69) is 12.8 Å². The molecule has 1 atom stereocenters. The predicted molar refractivity (Wildman–Crippen MR) is 77.6 cm³/mol. The van der Waals surface area contributed by atoms with Gasteiger partial charge < -0.3 is 5.11 Å². The van der Waals surface area contributed by atoms with Crippen LogP contribution < -0.4 is 0 Å². The van der Waals surface area contributed by atoms with Crippen molar-refractivity contribution in [2.24, 2.45) is 0 Å². The molecule has 0 radical (unpaired) electrons. The molecule has 1 N–H and O–H groups in total. The molecule has 98 valence electrons. The van der Waals surface area contributed by atoms with Crippen molar-refractivity contribution in [2.75, 3.05) is 0 Å². The minimum atomic E-state index is -1.18. The molecule has 1 nitrogen and oxygen atoms in total. The maximum atomic E-state index is 10.5. The van der Waals surface area contributed by atoms with Crippen LogP contribution in [0, 0.1) is 12.3 Å². The van der Waals surface area contributed by atoms with Crippen molar-refractivity contribution in [3.63, 3.8) is 0 Å². The summed E-state index contributed by atoms with van der Waals surface area (Å²) in [5.74, 6) is 2.51. The van der Waals surface area contributed by atoms with E-state index >= 15 is 0 Å². The normalized spacial score (nSPS) is 13.9. The van der Waals surface area contributed by atoms with E-state index in [-0.39, 0.29) is 0 Å². The Morgan fingerprint density at radius 1 is 1.28 bits per heavy atom. The highest BCUT2D eigenvalue weighted by atomic mass is 35.5. The molecule has 0 spiro atoms. The van der Waals surface area contributed by atoms with Gasteiger partial charge in [-0.3, -0.25) is 0 Å². The van der Waals surface area contributed by atoms with Gasteiger partial charge in [0.2, 0.25) is 0 Å². The number of hydrogen-bond acceptors (Lipinski definition) is 1. The molecule has 0 saturated carbocycles. The van der Waals surface area contributed by atoms with Crippen LogP contribution in [0.4, 0.5) is 0 Å². The SMILES string of the molecule is C#CC(O)(CCCCCCC)c1cccc(Cl)c1. The molecule has 0 heterocycles. The number of halogens is 1. The average Bonchev–Trinajstić information content (AvgIpc) is 2.38. The highest BCUT2D eigenvalue weighted by Gasteiger charge is 2.25. The molecule has 0 aliphatic heterocycles. The van der Waals surface area contributed by atoms with Crippen LogP contribution in [0.25, 0.3) is 0 Å². The van der Waals surface area contributed by atoms with E-state index in [1.54, 1.807) is 12.1 Å². The maximum Gasteiger partial charge on any atom is 0.150 e. The van der Waals surface area contributed by atoms with Crippen LogP contribution in [-0.2, 0) is 5.60 Å².